The number of benzene rings is 2. The van der Waals surface area contributed by atoms with Gasteiger partial charge in [0, 0.05) is 30.0 Å². The average molecular weight is 411 g/mol. The van der Waals surface area contributed by atoms with Crippen molar-refractivity contribution < 1.29 is 13.2 Å². The van der Waals surface area contributed by atoms with Gasteiger partial charge in [0.25, 0.3) is 0 Å². The van der Waals surface area contributed by atoms with Gasteiger partial charge < -0.3 is 4.74 Å². The lowest BCUT2D eigenvalue weighted by Crippen LogP contribution is -2.27. The Kier molecular flexibility index (Phi) is 5.03. The molecule has 0 unspecified atom stereocenters. The van der Waals surface area contributed by atoms with E-state index in [2.05, 4.69) is 20.0 Å². The van der Waals surface area contributed by atoms with Gasteiger partial charge in [-0.1, -0.05) is 36.4 Å². The highest BCUT2D eigenvalue weighted by atomic mass is 32.2. The molecule has 0 aliphatic heterocycles. The molecule has 9 heteroatoms. The lowest BCUT2D eigenvalue weighted by molar-refractivity contribution is 0.204. The molecule has 0 aliphatic carbocycles. The summed E-state index contributed by atoms with van der Waals surface area (Å²) in [4.78, 5) is 0.195. The first-order chi connectivity index (χ1) is 13.9. The molecule has 0 atom stereocenters. The van der Waals surface area contributed by atoms with Crippen LogP contribution in [0, 0.1) is 13.8 Å². The fourth-order valence-electron chi connectivity index (χ4n) is 3.30. The van der Waals surface area contributed by atoms with Gasteiger partial charge in [0.1, 0.15) is 0 Å². The number of ether oxygens (including phenoxy) is 1. The van der Waals surface area contributed by atoms with Gasteiger partial charge in [0.15, 0.2) is 11.5 Å². The minimum absolute atomic E-state index is 0.195. The molecule has 0 spiro atoms. The van der Waals surface area contributed by atoms with E-state index in [1.165, 1.54) is 7.11 Å². The Labute approximate surface area is 168 Å². The zero-order valence-corrected chi connectivity index (χ0v) is 17.2. The largest absolute Gasteiger partial charge is 0.383 e. The van der Waals surface area contributed by atoms with Crippen molar-refractivity contribution in [2.24, 2.45) is 0 Å². The number of rotatable bonds is 6. The van der Waals surface area contributed by atoms with Crippen molar-refractivity contribution in [2.45, 2.75) is 18.7 Å². The van der Waals surface area contributed by atoms with E-state index in [0.29, 0.717) is 29.2 Å². The molecule has 0 saturated carbocycles. The van der Waals surface area contributed by atoms with Crippen molar-refractivity contribution in [2.75, 3.05) is 20.3 Å². The van der Waals surface area contributed by atoms with Gasteiger partial charge in [0.2, 0.25) is 10.0 Å². The highest BCUT2D eigenvalue weighted by Crippen LogP contribution is 2.27. The number of aryl methyl sites for hydroxylation is 2. The number of sulfonamides is 1. The standard InChI is InChI=1S/C20H21N5O3S/c1-13-8-9-15(12-18(13)29(26,27)21-10-11-28-3)19-22-23-20-17-7-5-4-6-16(17)14(2)24-25(19)20/h4-9,12,21H,10-11H2,1-3H3. The van der Waals surface area contributed by atoms with Crippen LogP contribution in [0.4, 0.5) is 0 Å². The quantitative estimate of drug-likeness (QED) is 0.490. The number of fused-ring (bicyclic) bond motifs is 3. The van der Waals surface area contributed by atoms with Gasteiger partial charge in [0.05, 0.1) is 17.2 Å². The highest BCUT2D eigenvalue weighted by molar-refractivity contribution is 7.89. The Hall–Kier alpha value is -2.88. The summed E-state index contributed by atoms with van der Waals surface area (Å²) in [6.45, 7) is 4.18. The average Bonchev–Trinajstić information content (AvgIpc) is 3.12. The minimum Gasteiger partial charge on any atom is -0.383 e. The van der Waals surface area contributed by atoms with E-state index in [4.69, 9.17) is 4.74 Å². The maximum Gasteiger partial charge on any atom is 0.240 e. The number of hydrogen-bond donors (Lipinski definition) is 1. The monoisotopic (exact) mass is 411 g/mol. The third-order valence-corrected chi connectivity index (χ3v) is 6.39. The predicted molar refractivity (Wildman–Crippen MR) is 110 cm³/mol. The van der Waals surface area contributed by atoms with Crippen LogP contribution >= 0.6 is 0 Å². The van der Waals surface area contributed by atoms with Crippen LogP contribution in [0.15, 0.2) is 47.4 Å². The first-order valence-corrected chi connectivity index (χ1v) is 10.6. The smallest absolute Gasteiger partial charge is 0.240 e. The molecule has 0 aliphatic rings. The number of nitrogens with zero attached hydrogens (tertiary/aromatic N) is 4. The zero-order chi connectivity index (χ0) is 20.6. The third kappa shape index (κ3) is 3.48. The topological polar surface area (TPSA) is 98.5 Å². The number of nitrogens with one attached hydrogen (secondary N) is 1. The number of hydrogen-bond acceptors (Lipinski definition) is 6. The Balaban J connectivity index is 1.85. The van der Waals surface area contributed by atoms with E-state index >= 15 is 0 Å². The number of methoxy groups -OCH3 is 1. The van der Waals surface area contributed by atoms with E-state index < -0.39 is 10.0 Å². The van der Waals surface area contributed by atoms with Crippen LogP contribution in [0.5, 0.6) is 0 Å². The molecule has 29 heavy (non-hydrogen) atoms. The van der Waals surface area contributed by atoms with Crippen molar-refractivity contribution >= 4 is 26.4 Å². The molecule has 0 fully saturated rings. The maximum absolute atomic E-state index is 12.7. The first-order valence-electron chi connectivity index (χ1n) is 9.13. The molecule has 4 aromatic rings. The number of aromatic nitrogens is 4. The van der Waals surface area contributed by atoms with E-state index in [-0.39, 0.29) is 11.4 Å². The third-order valence-electron chi connectivity index (χ3n) is 4.78. The zero-order valence-electron chi connectivity index (χ0n) is 16.4. The summed E-state index contributed by atoms with van der Waals surface area (Å²) in [5.41, 5.74) is 2.74. The SMILES string of the molecule is COCCNS(=O)(=O)c1cc(-c2nnc3c4ccccc4c(C)nn23)ccc1C. The van der Waals surface area contributed by atoms with Crippen molar-refractivity contribution in [3.8, 4) is 11.4 Å². The van der Waals surface area contributed by atoms with E-state index in [1.54, 1.807) is 23.6 Å². The maximum atomic E-state index is 12.7. The molecule has 4 rings (SSSR count). The van der Waals surface area contributed by atoms with Crippen LogP contribution < -0.4 is 4.72 Å². The van der Waals surface area contributed by atoms with Crippen molar-refractivity contribution in [3.05, 3.63) is 53.7 Å². The van der Waals surface area contributed by atoms with Gasteiger partial charge in [-0.05, 0) is 25.5 Å². The predicted octanol–water partition coefficient (Wildman–Crippen LogP) is 2.49. The summed E-state index contributed by atoms with van der Waals surface area (Å²) < 4.78 is 34.6. The first kappa shape index (κ1) is 19.4. The van der Waals surface area contributed by atoms with Crippen LogP contribution in [0.1, 0.15) is 11.3 Å². The van der Waals surface area contributed by atoms with Crippen LogP contribution in [0.2, 0.25) is 0 Å². The van der Waals surface area contributed by atoms with Crippen LogP contribution in [-0.4, -0.2) is 48.5 Å². The molecule has 2 heterocycles. The fraction of sp³-hybridized carbons (Fsp3) is 0.250. The molecule has 2 aromatic carbocycles. The van der Waals surface area contributed by atoms with Crippen LogP contribution in [0.3, 0.4) is 0 Å². The van der Waals surface area contributed by atoms with Crippen molar-refractivity contribution in [1.29, 1.82) is 0 Å². The van der Waals surface area contributed by atoms with Crippen LogP contribution in [-0.2, 0) is 14.8 Å². The second kappa shape index (κ2) is 7.51. The lowest BCUT2D eigenvalue weighted by Gasteiger charge is -2.11. The molecular weight excluding hydrogens is 390 g/mol. The van der Waals surface area contributed by atoms with Crippen molar-refractivity contribution in [1.82, 2.24) is 24.5 Å². The van der Waals surface area contributed by atoms with E-state index in [0.717, 1.165) is 16.5 Å². The molecule has 150 valence electrons. The normalized spacial score (nSPS) is 12.1. The Bertz CT molecular complexity index is 1310. The molecular formula is C20H21N5O3S. The second-order valence-electron chi connectivity index (χ2n) is 6.76. The minimum atomic E-state index is -3.68. The summed E-state index contributed by atoms with van der Waals surface area (Å²) in [7, 11) is -2.16. The lowest BCUT2D eigenvalue weighted by atomic mass is 10.1. The molecule has 0 saturated heterocycles. The molecule has 2 aromatic heterocycles. The fourth-order valence-corrected chi connectivity index (χ4v) is 4.59. The van der Waals surface area contributed by atoms with Gasteiger partial charge in [-0.2, -0.15) is 9.61 Å². The molecule has 1 N–H and O–H groups in total. The van der Waals surface area contributed by atoms with Gasteiger partial charge >= 0.3 is 0 Å². The molecule has 0 bridgehead atoms. The molecule has 8 nitrogen and oxygen atoms in total. The Morgan fingerprint density at radius 2 is 1.83 bits per heavy atom. The second-order valence-corrected chi connectivity index (χ2v) is 8.50. The summed E-state index contributed by atoms with van der Waals surface area (Å²) >= 11 is 0. The Morgan fingerprint density at radius 1 is 1.07 bits per heavy atom. The summed E-state index contributed by atoms with van der Waals surface area (Å²) in [5.74, 6) is 0.488. The molecule has 0 radical (unpaired) electrons. The molecule has 0 amide bonds. The highest BCUT2D eigenvalue weighted by Gasteiger charge is 2.20. The van der Waals surface area contributed by atoms with E-state index in [9.17, 15) is 8.42 Å². The van der Waals surface area contributed by atoms with Gasteiger partial charge in [-0.3, -0.25) is 0 Å². The summed E-state index contributed by atoms with van der Waals surface area (Å²) in [5, 5.41) is 15.2. The van der Waals surface area contributed by atoms with Gasteiger partial charge in [-0.25, -0.2) is 13.1 Å². The summed E-state index contributed by atoms with van der Waals surface area (Å²) in [6.07, 6.45) is 0. The summed E-state index contributed by atoms with van der Waals surface area (Å²) in [6, 6.07) is 13.1. The van der Waals surface area contributed by atoms with Gasteiger partial charge in [-0.15, -0.1) is 10.2 Å². The Morgan fingerprint density at radius 3 is 2.59 bits per heavy atom. The van der Waals surface area contributed by atoms with Crippen molar-refractivity contribution in [3.63, 3.8) is 0 Å². The van der Waals surface area contributed by atoms with E-state index in [1.807, 2.05) is 37.3 Å². The van der Waals surface area contributed by atoms with Crippen LogP contribution in [0.25, 0.3) is 27.8 Å².